The summed E-state index contributed by atoms with van der Waals surface area (Å²) in [4.78, 5) is 4.09. The predicted octanol–water partition coefficient (Wildman–Crippen LogP) is 3.77. The molecule has 1 N–H and O–H groups in total. The summed E-state index contributed by atoms with van der Waals surface area (Å²) in [6.07, 6.45) is 3.43. The fourth-order valence-corrected chi connectivity index (χ4v) is 3.83. The maximum absolute atomic E-state index is 6.21. The van der Waals surface area contributed by atoms with Crippen molar-refractivity contribution >= 4 is 28.9 Å². The lowest BCUT2D eigenvalue weighted by Gasteiger charge is -2.22. The molecule has 0 atom stereocenters. The van der Waals surface area contributed by atoms with Gasteiger partial charge in [-0.1, -0.05) is 47.6 Å². The molecule has 2 aromatic rings. The van der Waals surface area contributed by atoms with Crippen LogP contribution in [-0.2, 0) is 0 Å². The van der Waals surface area contributed by atoms with Crippen LogP contribution in [0.25, 0.3) is 5.57 Å². The zero-order valence-electron chi connectivity index (χ0n) is 12.3. The van der Waals surface area contributed by atoms with E-state index >= 15 is 0 Å². The molecule has 0 aromatic heterocycles. The minimum Gasteiger partial charge on any atom is -0.340 e. The topological polar surface area (TPSA) is 4.44 Å². The largest absolute Gasteiger partial charge is 0.340 e. The molecule has 2 aromatic carbocycles. The molecule has 0 radical (unpaired) electrons. The predicted molar refractivity (Wildman–Crippen MR) is 91.4 cm³/mol. The van der Waals surface area contributed by atoms with Crippen molar-refractivity contribution in [1.29, 1.82) is 0 Å². The van der Waals surface area contributed by atoms with Crippen LogP contribution >= 0.6 is 23.4 Å². The first-order valence-corrected chi connectivity index (χ1v) is 8.41. The van der Waals surface area contributed by atoms with E-state index in [9.17, 15) is 0 Å². The van der Waals surface area contributed by atoms with Gasteiger partial charge in [0, 0.05) is 21.2 Å². The Labute approximate surface area is 135 Å². The molecule has 21 heavy (non-hydrogen) atoms. The molecule has 0 bridgehead atoms. The second kappa shape index (κ2) is 6.27. The smallest absolute Gasteiger partial charge is 0.0802 e. The van der Waals surface area contributed by atoms with Crippen LogP contribution in [-0.4, -0.2) is 20.6 Å². The number of benzene rings is 2. The highest BCUT2D eigenvalue weighted by Gasteiger charge is 2.20. The molecule has 0 unspecified atom stereocenters. The number of fused-ring (bicyclic) bond motifs is 2. The highest BCUT2D eigenvalue weighted by atomic mass is 35.5. The van der Waals surface area contributed by atoms with Crippen LogP contribution < -0.4 is 4.90 Å². The lowest BCUT2D eigenvalue weighted by atomic mass is 9.96. The van der Waals surface area contributed by atoms with Crippen LogP contribution in [0.1, 0.15) is 17.5 Å². The molecule has 1 aliphatic heterocycles. The fourth-order valence-electron chi connectivity index (χ4n) is 2.57. The molecule has 1 nitrogen and oxygen atoms in total. The van der Waals surface area contributed by atoms with Gasteiger partial charge in [-0.2, -0.15) is 0 Å². The number of hydrogen-bond acceptors (Lipinski definition) is 1. The van der Waals surface area contributed by atoms with E-state index in [4.69, 9.17) is 11.6 Å². The van der Waals surface area contributed by atoms with Gasteiger partial charge >= 0.3 is 0 Å². The summed E-state index contributed by atoms with van der Waals surface area (Å²) in [5, 5.41) is 0.804. The maximum Gasteiger partial charge on any atom is 0.0802 e. The molecule has 1 heterocycles. The monoisotopic (exact) mass is 316 g/mol. The zero-order chi connectivity index (χ0) is 14.8. The van der Waals surface area contributed by atoms with Gasteiger partial charge in [0.1, 0.15) is 0 Å². The Kier molecular flexibility index (Phi) is 4.39. The average molecular weight is 317 g/mol. The third kappa shape index (κ3) is 3.18. The normalized spacial score (nSPS) is 15.1. The third-order valence-corrected chi connectivity index (χ3v) is 5.01. The minimum absolute atomic E-state index is 0.804. The zero-order valence-corrected chi connectivity index (χ0v) is 13.9. The molecule has 0 saturated carbocycles. The Morgan fingerprint density at radius 1 is 1.05 bits per heavy atom. The third-order valence-electron chi connectivity index (χ3n) is 3.62. The summed E-state index contributed by atoms with van der Waals surface area (Å²) in [6.45, 7) is 1.13. The number of hydrogen-bond donors (Lipinski definition) is 1. The van der Waals surface area contributed by atoms with Crippen molar-refractivity contribution in [2.24, 2.45) is 0 Å². The van der Waals surface area contributed by atoms with E-state index in [2.05, 4.69) is 56.6 Å². The van der Waals surface area contributed by atoms with Gasteiger partial charge in [-0.25, -0.2) is 0 Å². The van der Waals surface area contributed by atoms with Crippen LogP contribution in [0.5, 0.6) is 0 Å². The Morgan fingerprint density at radius 3 is 2.62 bits per heavy atom. The van der Waals surface area contributed by atoms with E-state index in [0.29, 0.717) is 0 Å². The van der Waals surface area contributed by atoms with Crippen molar-refractivity contribution in [3.8, 4) is 0 Å². The first-order chi connectivity index (χ1) is 10.1. The molecule has 1 aliphatic rings. The van der Waals surface area contributed by atoms with E-state index in [-0.39, 0.29) is 0 Å². The van der Waals surface area contributed by atoms with Crippen molar-refractivity contribution in [1.82, 2.24) is 0 Å². The quantitative estimate of drug-likeness (QED) is 0.770. The number of halogens is 1. The summed E-state index contributed by atoms with van der Waals surface area (Å²) in [5.41, 5.74) is 3.91. The molecular formula is C18H19ClNS+. The van der Waals surface area contributed by atoms with E-state index in [1.807, 2.05) is 17.8 Å². The first-order valence-electron chi connectivity index (χ1n) is 7.21. The summed E-state index contributed by atoms with van der Waals surface area (Å²) < 4.78 is 0. The van der Waals surface area contributed by atoms with E-state index in [0.717, 1.165) is 18.0 Å². The Morgan fingerprint density at radius 2 is 1.81 bits per heavy atom. The van der Waals surface area contributed by atoms with Crippen molar-refractivity contribution in [3.63, 3.8) is 0 Å². The summed E-state index contributed by atoms with van der Waals surface area (Å²) in [6, 6.07) is 14.8. The second-order valence-electron chi connectivity index (χ2n) is 5.60. The summed E-state index contributed by atoms with van der Waals surface area (Å²) >= 11 is 8.04. The van der Waals surface area contributed by atoms with E-state index in [1.54, 1.807) is 0 Å². The summed E-state index contributed by atoms with van der Waals surface area (Å²) in [7, 11) is 4.38. The van der Waals surface area contributed by atoms with Gasteiger partial charge in [-0.15, -0.1) is 0 Å². The van der Waals surface area contributed by atoms with Crippen LogP contribution in [0, 0.1) is 0 Å². The molecule has 0 spiro atoms. The van der Waals surface area contributed by atoms with Crippen LogP contribution in [0.15, 0.2) is 58.3 Å². The van der Waals surface area contributed by atoms with Gasteiger partial charge in [0.2, 0.25) is 0 Å². The SMILES string of the molecule is C[NH+](C)CCC=C1c2ccccc2Sc2ccc(Cl)cc21. The number of rotatable bonds is 3. The molecule has 3 heteroatoms. The van der Waals surface area contributed by atoms with Crippen LogP contribution in [0.4, 0.5) is 0 Å². The fraction of sp³-hybridized carbons (Fsp3) is 0.222. The van der Waals surface area contributed by atoms with Gasteiger partial charge < -0.3 is 4.90 Å². The maximum atomic E-state index is 6.21. The summed E-state index contributed by atoms with van der Waals surface area (Å²) in [5.74, 6) is 0. The first kappa shape index (κ1) is 14.7. The average Bonchev–Trinajstić information content (AvgIpc) is 2.46. The van der Waals surface area contributed by atoms with Gasteiger partial charge in [-0.3, -0.25) is 0 Å². The number of quaternary nitrogens is 1. The molecule has 0 fully saturated rings. The van der Waals surface area contributed by atoms with Crippen molar-refractivity contribution in [2.75, 3.05) is 20.6 Å². The Bertz CT molecular complexity index is 691. The van der Waals surface area contributed by atoms with Crippen molar-refractivity contribution in [2.45, 2.75) is 16.2 Å². The number of nitrogens with one attached hydrogen (secondary N) is 1. The second-order valence-corrected chi connectivity index (χ2v) is 7.12. The van der Waals surface area contributed by atoms with Gasteiger partial charge in [-0.05, 0) is 41.0 Å². The van der Waals surface area contributed by atoms with Crippen molar-refractivity contribution < 1.29 is 4.90 Å². The highest BCUT2D eigenvalue weighted by Crippen LogP contribution is 2.45. The van der Waals surface area contributed by atoms with Gasteiger partial charge in [0.25, 0.3) is 0 Å². The minimum atomic E-state index is 0.804. The molecular weight excluding hydrogens is 298 g/mol. The standard InChI is InChI=1S/C18H18ClNS/c1-20(2)11-5-7-14-15-6-3-4-8-17(15)21-18-10-9-13(19)12-16(14)18/h3-4,6-10,12H,5,11H2,1-2H3/p+1. The van der Waals surface area contributed by atoms with E-state index in [1.165, 1.54) is 31.4 Å². The lowest BCUT2D eigenvalue weighted by Crippen LogP contribution is -3.05. The molecule has 0 aliphatic carbocycles. The van der Waals surface area contributed by atoms with Crippen LogP contribution in [0.3, 0.4) is 0 Å². The Balaban J connectivity index is 2.06. The van der Waals surface area contributed by atoms with Crippen molar-refractivity contribution in [3.05, 3.63) is 64.7 Å². The van der Waals surface area contributed by atoms with Gasteiger partial charge in [0.15, 0.2) is 0 Å². The molecule has 108 valence electrons. The Hall–Kier alpha value is -1.22. The lowest BCUT2D eigenvalue weighted by molar-refractivity contribution is -0.857. The van der Waals surface area contributed by atoms with Gasteiger partial charge in [0.05, 0.1) is 20.6 Å². The highest BCUT2D eigenvalue weighted by molar-refractivity contribution is 7.99. The molecule has 0 amide bonds. The van der Waals surface area contributed by atoms with E-state index < -0.39 is 0 Å². The molecule has 0 saturated heterocycles. The molecule has 3 rings (SSSR count). The van der Waals surface area contributed by atoms with Crippen LogP contribution in [0.2, 0.25) is 5.02 Å².